The van der Waals surface area contributed by atoms with E-state index < -0.39 is 11.8 Å². The fraction of sp³-hybridized carbons (Fsp3) is 0.235. The second-order valence-electron chi connectivity index (χ2n) is 5.31. The van der Waals surface area contributed by atoms with E-state index in [9.17, 15) is 14.0 Å². The van der Waals surface area contributed by atoms with Crippen molar-refractivity contribution < 1.29 is 18.8 Å². The lowest BCUT2D eigenvalue weighted by Gasteiger charge is -2.14. The monoisotopic (exact) mass is 301 g/mol. The Kier molecular flexibility index (Phi) is 4.65. The molecule has 22 heavy (non-hydrogen) atoms. The Morgan fingerprint density at radius 1 is 1.18 bits per heavy atom. The molecule has 0 unspecified atom stereocenters. The van der Waals surface area contributed by atoms with E-state index in [2.05, 4.69) is 5.16 Å². The largest absolute Gasteiger partial charge is 0.365 e. The summed E-state index contributed by atoms with van der Waals surface area (Å²) in [7, 11) is 0. The normalized spacial score (nSPS) is 16.6. The lowest BCUT2D eigenvalue weighted by atomic mass is 9.90. The Labute approximate surface area is 128 Å². The molecule has 0 aromatic heterocycles. The minimum Gasteiger partial charge on any atom is -0.312 e. The summed E-state index contributed by atoms with van der Waals surface area (Å²) in [6.07, 6.45) is 3.10. The van der Waals surface area contributed by atoms with Crippen LogP contribution in [-0.2, 0) is 9.63 Å². The topological polar surface area (TPSA) is 55.7 Å². The Morgan fingerprint density at radius 2 is 1.82 bits per heavy atom. The zero-order valence-corrected chi connectivity index (χ0v) is 12.6. The fourth-order valence-corrected chi connectivity index (χ4v) is 1.97. The van der Waals surface area contributed by atoms with Crippen LogP contribution in [0.4, 0.5) is 4.39 Å². The van der Waals surface area contributed by atoms with Gasteiger partial charge in [-0.05, 0) is 54.8 Å². The van der Waals surface area contributed by atoms with Crippen molar-refractivity contribution >= 4 is 17.5 Å². The van der Waals surface area contributed by atoms with Crippen LogP contribution in [0, 0.1) is 11.7 Å². The van der Waals surface area contributed by atoms with Crippen LogP contribution in [0.3, 0.4) is 0 Å². The van der Waals surface area contributed by atoms with Crippen molar-refractivity contribution in [3.63, 3.8) is 0 Å². The van der Waals surface area contributed by atoms with Crippen LogP contribution < -0.4 is 0 Å². The third-order valence-corrected chi connectivity index (χ3v) is 3.26. The highest BCUT2D eigenvalue weighted by molar-refractivity contribution is 6.21. The minimum absolute atomic E-state index is 0.0508. The van der Waals surface area contributed by atoms with Crippen LogP contribution in [0.1, 0.15) is 31.1 Å². The van der Waals surface area contributed by atoms with Gasteiger partial charge in [-0.15, -0.1) is 0 Å². The van der Waals surface area contributed by atoms with Crippen molar-refractivity contribution in [2.75, 3.05) is 0 Å². The highest BCUT2D eigenvalue weighted by Gasteiger charge is 2.19. The Balaban J connectivity index is 2.18. The van der Waals surface area contributed by atoms with E-state index in [1.165, 1.54) is 30.3 Å². The first kappa shape index (κ1) is 15.8. The molecule has 0 atom stereocenters. The van der Waals surface area contributed by atoms with Gasteiger partial charge >= 0.3 is 5.97 Å². The van der Waals surface area contributed by atoms with Crippen molar-refractivity contribution in [3.8, 4) is 0 Å². The predicted molar refractivity (Wildman–Crippen MR) is 80.9 cm³/mol. The molecule has 114 valence electrons. The third kappa shape index (κ3) is 3.55. The number of benzene rings is 1. The molecule has 0 saturated carbocycles. The third-order valence-electron chi connectivity index (χ3n) is 3.26. The van der Waals surface area contributed by atoms with Crippen LogP contribution in [-0.4, -0.2) is 17.5 Å². The average molecular weight is 301 g/mol. The number of hydrogen-bond donors (Lipinski definition) is 0. The van der Waals surface area contributed by atoms with Crippen LogP contribution in [0.25, 0.3) is 0 Å². The minimum atomic E-state index is -0.684. The molecule has 1 aromatic carbocycles. The van der Waals surface area contributed by atoms with E-state index >= 15 is 0 Å². The molecule has 0 radical (unpaired) electrons. The fourth-order valence-electron chi connectivity index (χ4n) is 1.97. The summed E-state index contributed by atoms with van der Waals surface area (Å²) >= 11 is 0. The first-order valence-electron chi connectivity index (χ1n) is 6.88. The van der Waals surface area contributed by atoms with Gasteiger partial charge in [0.15, 0.2) is 5.78 Å². The quantitative estimate of drug-likeness (QED) is 0.488. The highest BCUT2D eigenvalue weighted by Crippen LogP contribution is 2.19. The summed E-state index contributed by atoms with van der Waals surface area (Å²) in [5, 5.41) is 3.81. The molecule has 4 nitrogen and oxygen atoms in total. The number of allylic oxidation sites excluding steroid dienone is 4. The van der Waals surface area contributed by atoms with Gasteiger partial charge < -0.3 is 4.84 Å². The molecule has 1 aliphatic carbocycles. The first-order valence-corrected chi connectivity index (χ1v) is 6.88. The van der Waals surface area contributed by atoms with E-state index in [0.717, 1.165) is 0 Å². The van der Waals surface area contributed by atoms with Gasteiger partial charge in [0.1, 0.15) is 11.5 Å². The summed E-state index contributed by atoms with van der Waals surface area (Å²) in [5.74, 6) is -1.13. The first-order chi connectivity index (χ1) is 10.4. The second kappa shape index (κ2) is 6.47. The number of rotatable bonds is 3. The van der Waals surface area contributed by atoms with Crippen molar-refractivity contribution in [3.05, 3.63) is 58.9 Å². The molecule has 0 spiro atoms. The number of carbonyl (C=O) groups is 2. The van der Waals surface area contributed by atoms with E-state index in [1.807, 2.05) is 13.8 Å². The molecule has 0 amide bonds. The molecule has 0 N–H and O–H groups in total. The van der Waals surface area contributed by atoms with Gasteiger partial charge in [-0.25, -0.2) is 9.18 Å². The Bertz CT molecular complexity index is 697. The van der Waals surface area contributed by atoms with Gasteiger partial charge in [-0.3, -0.25) is 4.79 Å². The predicted octanol–water partition coefficient (Wildman–Crippen LogP) is 3.45. The van der Waals surface area contributed by atoms with Crippen LogP contribution in [0.2, 0.25) is 0 Å². The van der Waals surface area contributed by atoms with Crippen molar-refractivity contribution in [2.45, 2.75) is 20.8 Å². The van der Waals surface area contributed by atoms with Gasteiger partial charge in [0.2, 0.25) is 0 Å². The maximum absolute atomic E-state index is 12.8. The average Bonchev–Trinajstić information content (AvgIpc) is 2.46. The van der Waals surface area contributed by atoms with Crippen molar-refractivity contribution in [2.24, 2.45) is 11.1 Å². The van der Waals surface area contributed by atoms with E-state index in [4.69, 9.17) is 4.84 Å². The molecule has 0 heterocycles. The molecule has 0 fully saturated rings. The summed E-state index contributed by atoms with van der Waals surface area (Å²) in [4.78, 5) is 28.5. The number of ketones is 1. The molecular formula is C17H16FNO3. The van der Waals surface area contributed by atoms with Crippen LogP contribution in [0.15, 0.2) is 52.7 Å². The number of oxime groups is 1. The molecule has 1 aliphatic rings. The lowest BCUT2D eigenvalue weighted by Crippen LogP contribution is -2.16. The maximum Gasteiger partial charge on any atom is 0.365 e. The summed E-state index contributed by atoms with van der Waals surface area (Å²) in [6.45, 7) is 5.52. The summed E-state index contributed by atoms with van der Waals surface area (Å²) in [6, 6.07) is 4.98. The zero-order chi connectivity index (χ0) is 16.3. The van der Waals surface area contributed by atoms with Crippen LogP contribution >= 0.6 is 0 Å². The zero-order valence-electron chi connectivity index (χ0n) is 12.6. The van der Waals surface area contributed by atoms with Crippen LogP contribution in [0.5, 0.6) is 0 Å². The second-order valence-corrected chi connectivity index (χ2v) is 5.31. The molecular weight excluding hydrogens is 285 g/mol. The summed E-state index contributed by atoms with van der Waals surface area (Å²) in [5.41, 5.74) is 1.87. The Hall–Kier alpha value is -2.56. The van der Waals surface area contributed by atoms with Gasteiger partial charge in [-0.2, -0.15) is 0 Å². The SMILES string of the molecule is CC1=CC(=O)C(C(C)C)=C/C1=N\OC(=O)c1ccc(F)cc1. The van der Waals surface area contributed by atoms with E-state index in [-0.39, 0.29) is 17.3 Å². The van der Waals surface area contributed by atoms with E-state index in [0.29, 0.717) is 16.9 Å². The standard InChI is InChI=1S/C17H16FNO3/c1-10(2)14-9-15(11(3)8-16(14)20)19-22-17(21)12-4-6-13(18)7-5-12/h4-10H,1-3H3/b19-15+. The molecule has 1 aromatic rings. The molecule has 2 rings (SSSR count). The number of nitrogens with zero attached hydrogens (tertiary/aromatic N) is 1. The molecule has 5 heteroatoms. The highest BCUT2D eigenvalue weighted by atomic mass is 19.1. The molecule has 0 aliphatic heterocycles. The number of carbonyl (C=O) groups excluding carboxylic acids is 2. The van der Waals surface area contributed by atoms with Crippen molar-refractivity contribution in [1.82, 2.24) is 0 Å². The maximum atomic E-state index is 12.8. The van der Waals surface area contributed by atoms with Gasteiger partial charge in [0, 0.05) is 5.57 Å². The number of halogens is 1. The smallest absolute Gasteiger partial charge is 0.312 e. The molecule has 0 bridgehead atoms. The Morgan fingerprint density at radius 3 is 2.41 bits per heavy atom. The summed E-state index contributed by atoms with van der Waals surface area (Å²) < 4.78 is 12.8. The van der Waals surface area contributed by atoms with Gasteiger partial charge in [0.25, 0.3) is 0 Å². The lowest BCUT2D eigenvalue weighted by molar-refractivity contribution is -0.111. The van der Waals surface area contributed by atoms with Gasteiger partial charge in [-0.1, -0.05) is 19.0 Å². The van der Waals surface area contributed by atoms with Crippen molar-refractivity contribution in [1.29, 1.82) is 0 Å². The van der Waals surface area contributed by atoms with E-state index in [1.54, 1.807) is 13.0 Å². The van der Waals surface area contributed by atoms with Gasteiger partial charge in [0.05, 0.1) is 5.56 Å². The molecule has 0 saturated heterocycles. The number of hydrogen-bond acceptors (Lipinski definition) is 4.